The number of nitriles is 2. The average Bonchev–Trinajstić information content (AvgIpc) is 4.03. The Bertz CT molecular complexity index is 3920. The molecule has 6 nitrogen and oxygen atoms in total. The summed E-state index contributed by atoms with van der Waals surface area (Å²) in [7, 11) is 0. The minimum Gasteiger partial charge on any atom is -0.454 e. The van der Waals surface area contributed by atoms with E-state index in [2.05, 4.69) is 12.1 Å². The number of alkyl halides is 3. The molecule has 12 rings (SSSR count). The molecular weight excluding hydrogens is 758 g/mol. The normalized spacial score (nSPS) is 12.2. The molecule has 0 unspecified atom stereocenters. The van der Waals surface area contributed by atoms with E-state index >= 15 is 13.2 Å². The molecular formula is C51H25F3N4O2. The van der Waals surface area contributed by atoms with Gasteiger partial charge in [0, 0.05) is 54.2 Å². The number of hydrogen-bond donors (Lipinski definition) is 0. The van der Waals surface area contributed by atoms with Gasteiger partial charge in [0.25, 0.3) is 0 Å². The van der Waals surface area contributed by atoms with Crippen LogP contribution in [0.4, 0.5) is 13.2 Å². The Morgan fingerprint density at radius 2 is 0.933 bits per heavy atom. The molecule has 282 valence electrons. The predicted molar refractivity (Wildman–Crippen MR) is 230 cm³/mol. The van der Waals surface area contributed by atoms with Crippen LogP contribution >= 0.6 is 0 Å². The van der Waals surface area contributed by atoms with Crippen LogP contribution in [0.3, 0.4) is 0 Å². The van der Waals surface area contributed by atoms with E-state index in [9.17, 15) is 10.5 Å². The summed E-state index contributed by atoms with van der Waals surface area (Å²) in [6, 6.07) is 50.2. The molecule has 0 aliphatic rings. The maximum absolute atomic E-state index is 15.4. The second kappa shape index (κ2) is 12.1. The number of aromatic nitrogens is 2. The summed E-state index contributed by atoms with van der Waals surface area (Å²) in [5.74, 6) is 0. The zero-order valence-electron chi connectivity index (χ0n) is 31.2. The summed E-state index contributed by atoms with van der Waals surface area (Å²) < 4.78 is 63.1. The van der Waals surface area contributed by atoms with Crippen molar-refractivity contribution in [3.63, 3.8) is 0 Å². The first-order valence-electron chi connectivity index (χ1n) is 19.2. The molecule has 0 atom stereocenters. The van der Waals surface area contributed by atoms with E-state index in [0.717, 1.165) is 54.7 Å². The topological polar surface area (TPSA) is 83.7 Å². The predicted octanol–water partition coefficient (Wildman–Crippen LogP) is 14.1. The van der Waals surface area contributed by atoms with Gasteiger partial charge in [0.05, 0.1) is 56.2 Å². The quantitative estimate of drug-likeness (QED) is 0.179. The van der Waals surface area contributed by atoms with Gasteiger partial charge in [-0.1, -0.05) is 91.0 Å². The lowest BCUT2D eigenvalue weighted by molar-refractivity contribution is -0.137. The number of nitrogens with zero attached hydrogens (tertiary/aromatic N) is 4. The largest absolute Gasteiger partial charge is 0.454 e. The SMILES string of the molecule is N#Cc1cc(-n2c3ccccc3c3ccc4c5ccccc5oc4c32)c(-c2c(C#N)cccc2C(F)(F)F)cc1-n1c2ccccc2c2ccc3c4ccccc4oc3c21. The number of furan rings is 2. The summed E-state index contributed by atoms with van der Waals surface area (Å²) in [5.41, 5.74) is 4.57. The van der Waals surface area contributed by atoms with E-state index in [1.165, 1.54) is 12.1 Å². The van der Waals surface area contributed by atoms with Crippen molar-refractivity contribution in [3.8, 4) is 34.6 Å². The fourth-order valence-corrected chi connectivity index (χ4v) is 9.37. The summed E-state index contributed by atoms with van der Waals surface area (Å²) in [6.45, 7) is 0. The lowest BCUT2D eigenvalue weighted by Gasteiger charge is -2.21. The summed E-state index contributed by atoms with van der Waals surface area (Å²) in [6.07, 6.45) is -4.84. The second-order valence-electron chi connectivity index (χ2n) is 14.9. The van der Waals surface area contributed by atoms with Crippen molar-refractivity contribution >= 4 is 87.5 Å². The van der Waals surface area contributed by atoms with Crippen LogP contribution in [-0.2, 0) is 6.18 Å². The van der Waals surface area contributed by atoms with Crippen LogP contribution in [0.15, 0.2) is 160 Å². The lowest BCUT2D eigenvalue weighted by atomic mass is 9.91. The van der Waals surface area contributed by atoms with Crippen LogP contribution < -0.4 is 0 Å². The van der Waals surface area contributed by atoms with Gasteiger partial charge in [-0.3, -0.25) is 0 Å². The van der Waals surface area contributed by atoms with Crippen molar-refractivity contribution in [2.45, 2.75) is 6.18 Å². The van der Waals surface area contributed by atoms with Gasteiger partial charge >= 0.3 is 6.18 Å². The maximum Gasteiger partial charge on any atom is 0.417 e. The molecule has 9 heteroatoms. The highest BCUT2D eigenvalue weighted by Gasteiger charge is 2.36. The number of halogens is 3. The first-order chi connectivity index (χ1) is 29.3. The van der Waals surface area contributed by atoms with Crippen LogP contribution in [0.1, 0.15) is 16.7 Å². The highest BCUT2D eigenvalue weighted by Crippen LogP contribution is 2.48. The van der Waals surface area contributed by atoms with Gasteiger partial charge in [-0.2, -0.15) is 23.7 Å². The fourth-order valence-electron chi connectivity index (χ4n) is 9.37. The molecule has 0 bridgehead atoms. The van der Waals surface area contributed by atoms with Crippen molar-refractivity contribution in [1.82, 2.24) is 9.13 Å². The van der Waals surface area contributed by atoms with E-state index in [1.54, 1.807) is 12.1 Å². The van der Waals surface area contributed by atoms with E-state index < -0.39 is 11.7 Å². The van der Waals surface area contributed by atoms with Crippen molar-refractivity contribution in [3.05, 3.63) is 168 Å². The summed E-state index contributed by atoms with van der Waals surface area (Å²) in [5, 5.41) is 28.6. The molecule has 0 aliphatic heterocycles. The lowest BCUT2D eigenvalue weighted by Crippen LogP contribution is -2.11. The van der Waals surface area contributed by atoms with Gasteiger partial charge in [-0.05, 0) is 60.7 Å². The van der Waals surface area contributed by atoms with Crippen LogP contribution in [0, 0.1) is 22.7 Å². The molecule has 4 heterocycles. The zero-order chi connectivity index (χ0) is 40.4. The first kappa shape index (κ1) is 33.8. The van der Waals surface area contributed by atoms with Gasteiger partial charge in [0.2, 0.25) is 0 Å². The van der Waals surface area contributed by atoms with Crippen LogP contribution in [-0.4, -0.2) is 9.13 Å². The first-order valence-corrected chi connectivity index (χ1v) is 19.2. The van der Waals surface area contributed by atoms with E-state index in [1.807, 2.05) is 130 Å². The molecule has 0 spiro atoms. The van der Waals surface area contributed by atoms with Crippen molar-refractivity contribution < 1.29 is 22.0 Å². The zero-order valence-corrected chi connectivity index (χ0v) is 31.2. The fraction of sp³-hybridized carbons (Fsp3) is 0.0196. The molecule has 4 aromatic heterocycles. The van der Waals surface area contributed by atoms with Crippen molar-refractivity contribution in [2.75, 3.05) is 0 Å². The Labute approximate surface area is 337 Å². The Morgan fingerprint density at radius 1 is 0.450 bits per heavy atom. The molecule has 0 aliphatic carbocycles. The number of benzene rings is 8. The van der Waals surface area contributed by atoms with Gasteiger partial charge in [0.15, 0.2) is 11.2 Å². The molecule has 0 saturated heterocycles. The molecule has 0 amide bonds. The van der Waals surface area contributed by atoms with E-state index in [0.29, 0.717) is 44.6 Å². The molecule has 60 heavy (non-hydrogen) atoms. The molecule has 0 radical (unpaired) electrons. The number of fused-ring (bicyclic) bond motifs is 14. The molecule has 0 N–H and O–H groups in total. The Balaban J connectivity index is 1.30. The van der Waals surface area contributed by atoms with Crippen molar-refractivity contribution in [1.29, 1.82) is 10.5 Å². The van der Waals surface area contributed by atoms with Gasteiger partial charge < -0.3 is 18.0 Å². The number of rotatable bonds is 3. The second-order valence-corrected chi connectivity index (χ2v) is 14.9. The minimum absolute atomic E-state index is 0.104. The Kier molecular flexibility index (Phi) is 6.84. The van der Waals surface area contributed by atoms with Gasteiger partial charge in [0.1, 0.15) is 17.2 Å². The maximum atomic E-state index is 15.4. The third-order valence-electron chi connectivity index (χ3n) is 11.8. The smallest absolute Gasteiger partial charge is 0.417 e. The third-order valence-corrected chi connectivity index (χ3v) is 11.8. The van der Waals surface area contributed by atoms with Crippen LogP contribution in [0.25, 0.3) is 110 Å². The molecule has 8 aromatic carbocycles. The highest BCUT2D eigenvalue weighted by atomic mass is 19.4. The molecule has 0 saturated carbocycles. The van der Waals surface area contributed by atoms with Crippen molar-refractivity contribution in [2.24, 2.45) is 0 Å². The van der Waals surface area contributed by atoms with Crippen LogP contribution in [0.2, 0.25) is 0 Å². The Hall–Kier alpha value is -8.27. The number of hydrogen-bond acceptors (Lipinski definition) is 4. The molecule has 12 aromatic rings. The molecule has 0 fully saturated rings. The van der Waals surface area contributed by atoms with Gasteiger partial charge in [-0.15, -0.1) is 0 Å². The summed E-state index contributed by atoms with van der Waals surface area (Å²) >= 11 is 0. The van der Waals surface area contributed by atoms with Crippen LogP contribution in [0.5, 0.6) is 0 Å². The van der Waals surface area contributed by atoms with E-state index in [-0.39, 0.29) is 27.9 Å². The van der Waals surface area contributed by atoms with E-state index in [4.69, 9.17) is 8.83 Å². The monoisotopic (exact) mass is 782 g/mol. The summed E-state index contributed by atoms with van der Waals surface area (Å²) in [4.78, 5) is 0. The average molecular weight is 783 g/mol. The standard InChI is InChI=1S/C51H25F3N4O2/c52-51(53,54)39-15-9-10-28(26-55)46(39)38-25-42(57-40-16-5-1-11-30(40)34-20-22-36-32-13-3-7-18-44(32)59-49(36)47(34)57)29(27-56)24-43(38)58-41-17-6-2-12-31(41)35-21-23-37-33-14-4-8-19-45(33)60-50(37)48(35)58/h1-25H. The third kappa shape index (κ3) is 4.51. The number of para-hydroxylation sites is 4. The van der Waals surface area contributed by atoms with Gasteiger partial charge in [-0.25, -0.2) is 0 Å². The minimum atomic E-state index is -4.84. The Morgan fingerprint density at radius 3 is 1.47 bits per heavy atom. The highest BCUT2D eigenvalue weighted by molar-refractivity contribution is 6.23.